The second-order valence-corrected chi connectivity index (χ2v) is 6.70. The largest absolute Gasteiger partial charge is 0.396 e. The molecule has 1 saturated heterocycles. The van der Waals surface area contributed by atoms with Crippen LogP contribution in [0, 0.1) is 0 Å². The van der Waals surface area contributed by atoms with Gasteiger partial charge in [0.15, 0.2) is 0 Å². The zero-order chi connectivity index (χ0) is 14.8. The highest BCUT2D eigenvalue weighted by Crippen LogP contribution is 2.32. The number of nitrogens with zero attached hydrogens (tertiary/aromatic N) is 1. The molecule has 4 nitrogen and oxygen atoms in total. The van der Waals surface area contributed by atoms with Crippen molar-refractivity contribution in [1.29, 1.82) is 0 Å². The fourth-order valence-corrected chi connectivity index (χ4v) is 3.89. The summed E-state index contributed by atoms with van der Waals surface area (Å²) in [6.45, 7) is 6.56. The molecule has 1 heterocycles. The Kier molecular flexibility index (Phi) is 8.01. The Morgan fingerprint density at radius 1 is 0.952 bits per heavy atom. The van der Waals surface area contributed by atoms with Gasteiger partial charge >= 0.3 is 0 Å². The first kappa shape index (κ1) is 17.2. The van der Waals surface area contributed by atoms with Crippen LogP contribution in [-0.2, 0) is 4.74 Å². The molecule has 2 fully saturated rings. The fraction of sp³-hybridized carbons (Fsp3) is 1.00. The lowest BCUT2D eigenvalue weighted by molar-refractivity contribution is -0.0286. The maximum atomic E-state index is 8.83. The van der Waals surface area contributed by atoms with Gasteiger partial charge in [0.1, 0.15) is 0 Å². The van der Waals surface area contributed by atoms with E-state index < -0.39 is 0 Å². The van der Waals surface area contributed by atoms with Crippen LogP contribution in [0.5, 0.6) is 0 Å². The van der Waals surface area contributed by atoms with Gasteiger partial charge in [-0.2, -0.15) is 0 Å². The van der Waals surface area contributed by atoms with Crippen molar-refractivity contribution in [3.8, 4) is 0 Å². The number of rotatable bonds is 8. The summed E-state index contributed by atoms with van der Waals surface area (Å²) in [5.74, 6) is 0. The van der Waals surface area contributed by atoms with Crippen molar-refractivity contribution >= 4 is 0 Å². The van der Waals surface area contributed by atoms with Crippen LogP contribution in [0.4, 0.5) is 0 Å². The van der Waals surface area contributed by atoms with Crippen molar-refractivity contribution < 1.29 is 9.84 Å². The number of aliphatic hydroxyl groups excluding tert-OH is 1. The molecule has 1 aliphatic heterocycles. The van der Waals surface area contributed by atoms with Crippen LogP contribution in [0.25, 0.3) is 0 Å². The Morgan fingerprint density at radius 3 is 2.33 bits per heavy atom. The molecule has 0 aromatic heterocycles. The summed E-state index contributed by atoms with van der Waals surface area (Å²) in [5, 5.41) is 12.5. The molecular weight excluding hydrogens is 264 g/mol. The number of morpholine rings is 1. The van der Waals surface area contributed by atoms with Gasteiger partial charge in [-0.25, -0.2) is 0 Å². The molecule has 0 unspecified atom stereocenters. The van der Waals surface area contributed by atoms with Crippen LogP contribution in [0.15, 0.2) is 0 Å². The Labute approximate surface area is 130 Å². The third-order valence-corrected chi connectivity index (χ3v) is 5.18. The van der Waals surface area contributed by atoms with Crippen LogP contribution >= 0.6 is 0 Å². The SMILES string of the molecule is OCCCCCNCC1(N2CCOCC2)CCCCCC1. The Hall–Kier alpha value is -0.160. The van der Waals surface area contributed by atoms with E-state index in [1.165, 1.54) is 44.9 Å². The van der Waals surface area contributed by atoms with Gasteiger partial charge in [0.25, 0.3) is 0 Å². The molecule has 0 atom stereocenters. The van der Waals surface area contributed by atoms with E-state index in [0.717, 1.165) is 52.2 Å². The highest BCUT2D eigenvalue weighted by molar-refractivity contribution is 4.94. The van der Waals surface area contributed by atoms with Gasteiger partial charge < -0.3 is 15.2 Å². The van der Waals surface area contributed by atoms with Gasteiger partial charge in [-0.1, -0.05) is 25.7 Å². The Bertz CT molecular complexity index is 260. The lowest BCUT2D eigenvalue weighted by Crippen LogP contribution is -2.58. The van der Waals surface area contributed by atoms with Crippen LogP contribution in [0.1, 0.15) is 57.8 Å². The smallest absolute Gasteiger partial charge is 0.0594 e. The third-order valence-electron chi connectivity index (χ3n) is 5.18. The molecule has 0 spiro atoms. The van der Waals surface area contributed by atoms with E-state index >= 15 is 0 Å². The number of hydrogen-bond donors (Lipinski definition) is 2. The fourth-order valence-electron chi connectivity index (χ4n) is 3.89. The molecule has 0 aromatic carbocycles. The summed E-state index contributed by atoms with van der Waals surface area (Å²) in [4.78, 5) is 2.71. The van der Waals surface area contributed by atoms with E-state index in [4.69, 9.17) is 9.84 Å². The minimum absolute atomic E-state index is 0.331. The molecule has 2 aliphatic rings. The minimum atomic E-state index is 0.331. The molecule has 2 N–H and O–H groups in total. The molecule has 4 heteroatoms. The topological polar surface area (TPSA) is 44.7 Å². The standard InChI is InChI=1S/C17H34N2O2/c20-13-7-3-6-10-18-16-17(8-4-1-2-5-9-17)19-11-14-21-15-12-19/h18,20H,1-16H2. The van der Waals surface area contributed by atoms with Gasteiger partial charge in [0, 0.05) is 31.8 Å². The molecular formula is C17H34N2O2. The molecule has 0 radical (unpaired) electrons. The number of ether oxygens (including phenoxy) is 1. The second kappa shape index (κ2) is 9.78. The predicted molar refractivity (Wildman–Crippen MR) is 86.6 cm³/mol. The number of aliphatic hydroxyl groups is 1. The summed E-state index contributed by atoms with van der Waals surface area (Å²) in [6, 6.07) is 0. The summed E-state index contributed by atoms with van der Waals surface area (Å²) >= 11 is 0. The molecule has 0 amide bonds. The second-order valence-electron chi connectivity index (χ2n) is 6.70. The van der Waals surface area contributed by atoms with E-state index in [0.29, 0.717) is 12.1 Å². The van der Waals surface area contributed by atoms with Crippen LogP contribution in [0.3, 0.4) is 0 Å². The predicted octanol–water partition coefficient (Wildman–Crippen LogP) is 2.16. The van der Waals surface area contributed by atoms with Crippen molar-refractivity contribution in [3.63, 3.8) is 0 Å². The van der Waals surface area contributed by atoms with Crippen LogP contribution in [0.2, 0.25) is 0 Å². The van der Waals surface area contributed by atoms with Crippen molar-refractivity contribution in [2.75, 3.05) is 46.0 Å². The molecule has 0 bridgehead atoms. The Balaban J connectivity index is 1.82. The molecule has 1 saturated carbocycles. The first-order valence-electron chi connectivity index (χ1n) is 9.02. The molecule has 2 rings (SSSR count). The van der Waals surface area contributed by atoms with Gasteiger partial charge in [-0.15, -0.1) is 0 Å². The van der Waals surface area contributed by atoms with E-state index in [9.17, 15) is 0 Å². The van der Waals surface area contributed by atoms with Crippen molar-refractivity contribution in [2.45, 2.75) is 63.3 Å². The normalized spacial score (nSPS) is 23.9. The van der Waals surface area contributed by atoms with E-state index in [2.05, 4.69) is 10.2 Å². The monoisotopic (exact) mass is 298 g/mol. The summed E-state index contributed by atoms with van der Waals surface area (Å²) in [5.41, 5.74) is 0.372. The van der Waals surface area contributed by atoms with Crippen molar-refractivity contribution in [2.24, 2.45) is 0 Å². The maximum Gasteiger partial charge on any atom is 0.0594 e. The maximum absolute atomic E-state index is 8.83. The third kappa shape index (κ3) is 5.51. The quantitative estimate of drug-likeness (QED) is 0.532. The first-order valence-corrected chi connectivity index (χ1v) is 9.02. The van der Waals surface area contributed by atoms with Gasteiger partial charge in [0.2, 0.25) is 0 Å². The van der Waals surface area contributed by atoms with Crippen LogP contribution < -0.4 is 5.32 Å². The molecule has 21 heavy (non-hydrogen) atoms. The number of hydrogen-bond acceptors (Lipinski definition) is 4. The van der Waals surface area contributed by atoms with Crippen molar-refractivity contribution in [1.82, 2.24) is 10.2 Å². The van der Waals surface area contributed by atoms with Crippen LogP contribution in [-0.4, -0.2) is 61.5 Å². The average Bonchev–Trinajstić information content (AvgIpc) is 2.78. The average molecular weight is 298 g/mol. The zero-order valence-electron chi connectivity index (χ0n) is 13.6. The summed E-state index contributed by atoms with van der Waals surface area (Å²) in [6.07, 6.45) is 11.5. The van der Waals surface area contributed by atoms with Crippen molar-refractivity contribution in [3.05, 3.63) is 0 Å². The lowest BCUT2D eigenvalue weighted by Gasteiger charge is -2.46. The lowest BCUT2D eigenvalue weighted by atomic mass is 9.87. The van der Waals surface area contributed by atoms with E-state index in [1.807, 2.05) is 0 Å². The van der Waals surface area contributed by atoms with Gasteiger partial charge in [-0.05, 0) is 38.6 Å². The Morgan fingerprint density at radius 2 is 1.67 bits per heavy atom. The number of unbranched alkanes of at least 4 members (excludes halogenated alkanes) is 2. The van der Waals surface area contributed by atoms with E-state index in [-0.39, 0.29) is 0 Å². The highest BCUT2D eigenvalue weighted by atomic mass is 16.5. The summed E-state index contributed by atoms with van der Waals surface area (Å²) in [7, 11) is 0. The highest BCUT2D eigenvalue weighted by Gasteiger charge is 2.37. The number of nitrogens with one attached hydrogen (secondary N) is 1. The first-order chi connectivity index (χ1) is 10.4. The summed E-state index contributed by atoms with van der Waals surface area (Å²) < 4.78 is 5.55. The van der Waals surface area contributed by atoms with Gasteiger partial charge in [0.05, 0.1) is 13.2 Å². The molecule has 0 aromatic rings. The molecule has 1 aliphatic carbocycles. The van der Waals surface area contributed by atoms with E-state index in [1.54, 1.807) is 0 Å². The zero-order valence-corrected chi connectivity index (χ0v) is 13.6. The minimum Gasteiger partial charge on any atom is -0.396 e. The van der Waals surface area contributed by atoms with Gasteiger partial charge in [-0.3, -0.25) is 4.90 Å². The molecule has 124 valence electrons.